The van der Waals surface area contributed by atoms with Crippen LogP contribution in [0.15, 0.2) is 34.1 Å². The summed E-state index contributed by atoms with van der Waals surface area (Å²) in [5, 5.41) is -1.04. The first-order valence-corrected chi connectivity index (χ1v) is 11.2. The average Bonchev–Trinajstić information content (AvgIpc) is 2.69. The number of benzene rings is 1. The lowest BCUT2D eigenvalue weighted by Crippen LogP contribution is -2.22. The molecule has 1 aliphatic heterocycles. The number of sulfone groups is 2. The van der Waals surface area contributed by atoms with Gasteiger partial charge in [-0.2, -0.15) is 0 Å². The van der Waals surface area contributed by atoms with Crippen molar-refractivity contribution in [1.29, 1.82) is 0 Å². The predicted molar refractivity (Wildman–Crippen MR) is 73.7 cm³/mol. The second-order valence-corrected chi connectivity index (χ2v) is 11.5. The van der Waals surface area contributed by atoms with Crippen molar-refractivity contribution in [2.75, 3.05) is 11.5 Å². The normalized spacial score (nSPS) is 22.8. The first-order valence-electron chi connectivity index (χ1n) is 5.51. The predicted octanol–water partition coefficient (Wildman–Crippen LogP) is 0.575. The third-order valence-electron chi connectivity index (χ3n) is 3.05. The SMILES string of the molecule is O=S1(=O)CCC(S(=O)(=O)c2cccc(S(=O)(=O)Cl)c2)C1. The summed E-state index contributed by atoms with van der Waals surface area (Å²) in [6.45, 7) is 0. The first-order chi connectivity index (χ1) is 9.02. The zero-order valence-electron chi connectivity index (χ0n) is 10.1. The molecule has 0 saturated carbocycles. The smallest absolute Gasteiger partial charge is 0.229 e. The Morgan fingerprint density at radius 3 is 2.20 bits per heavy atom. The summed E-state index contributed by atoms with van der Waals surface area (Å²) in [6.07, 6.45) is 0.0164. The van der Waals surface area contributed by atoms with Crippen LogP contribution in [0.2, 0.25) is 0 Å². The standard InChI is InChI=1S/C10H11ClO6S3/c11-20(16,17)9-3-1-2-8(6-9)19(14,15)10-4-5-18(12,13)7-10/h1-3,6,10H,4-5,7H2. The highest BCUT2D eigenvalue weighted by molar-refractivity contribution is 8.13. The highest BCUT2D eigenvalue weighted by atomic mass is 35.7. The van der Waals surface area contributed by atoms with E-state index in [9.17, 15) is 25.3 Å². The van der Waals surface area contributed by atoms with Crippen LogP contribution >= 0.6 is 10.7 Å². The van der Waals surface area contributed by atoms with Crippen LogP contribution in [-0.4, -0.2) is 42.0 Å². The fourth-order valence-electron chi connectivity index (χ4n) is 2.00. The van der Waals surface area contributed by atoms with E-state index in [4.69, 9.17) is 10.7 Å². The van der Waals surface area contributed by atoms with E-state index in [1.807, 2.05) is 0 Å². The van der Waals surface area contributed by atoms with Crippen LogP contribution in [0.4, 0.5) is 0 Å². The summed E-state index contributed by atoms with van der Waals surface area (Å²) in [5.74, 6) is -0.614. The summed E-state index contributed by atoms with van der Waals surface area (Å²) < 4.78 is 69.7. The van der Waals surface area contributed by atoms with Gasteiger partial charge in [0.25, 0.3) is 9.05 Å². The summed E-state index contributed by atoms with van der Waals surface area (Å²) in [6, 6.07) is 4.60. The quantitative estimate of drug-likeness (QED) is 0.732. The Bertz CT molecular complexity index is 839. The molecule has 0 aliphatic carbocycles. The van der Waals surface area contributed by atoms with E-state index in [0.717, 1.165) is 6.07 Å². The zero-order valence-corrected chi connectivity index (χ0v) is 13.3. The second kappa shape index (κ2) is 4.97. The van der Waals surface area contributed by atoms with Crippen molar-refractivity contribution in [3.05, 3.63) is 24.3 Å². The molecule has 1 saturated heterocycles. The van der Waals surface area contributed by atoms with Crippen LogP contribution in [0.1, 0.15) is 6.42 Å². The summed E-state index contributed by atoms with van der Waals surface area (Å²) in [7, 11) is -6.12. The minimum atomic E-state index is -4.04. The molecule has 1 heterocycles. The molecule has 0 aromatic heterocycles. The molecular formula is C10H11ClO6S3. The highest BCUT2D eigenvalue weighted by Crippen LogP contribution is 2.27. The van der Waals surface area contributed by atoms with Crippen LogP contribution in [0.3, 0.4) is 0 Å². The maximum Gasteiger partial charge on any atom is 0.261 e. The molecule has 0 bridgehead atoms. The van der Waals surface area contributed by atoms with E-state index < -0.39 is 39.7 Å². The molecule has 1 aromatic rings. The molecular weight excluding hydrogens is 348 g/mol. The molecule has 6 nitrogen and oxygen atoms in total. The molecule has 0 spiro atoms. The molecule has 2 rings (SSSR count). The lowest BCUT2D eigenvalue weighted by atomic mass is 10.4. The lowest BCUT2D eigenvalue weighted by Gasteiger charge is -2.10. The van der Waals surface area contributed by atoms with Gasteiger partial charge in [-0.15, -0.1) is 0 Å². The summed E-state index contributed by atoms with van der Waals surface area (Å²) in [5.41, 5.74) is 0. The second-order valence-electron chi connectivity index (χ2n) is 4.48. The van der Waals surface area contributed by atoms with Gasteiger partial charge in [0.2, 0.25) is 0 Å². The van der Waals surface area contributed by atoms with E-state index in [0.29, 0.717) is 0 Å². The highest BCUT2D eigenvalue weighted by Gasteiger charge is 2.38. The molecule has 112 valence electrons. The minimum Gasteiger partial charge on any atom is -0.229 e. The fraction of sp³-hybridized carbons (Fsp3) is 0.400. The maximum atomic E-state index is 12.3. The summed E-state index contributed by atoms with van der Waals surface area (Å²) in [4.78, 5) is -0.567. The topological polar surface area (TPSA) is 102 Å². The molecule has 0 N–H and O–H groups in total. The Morgan fingerprint density at radius 2 is 1.70 bits per heavy atom. The van der Waals surface area contributed by atoms with Crippen molar-refractivity contribution in [2.24, 2.45) is 0 Å². The lowest BCUT2D eigenvalue weighted by molar-refractivity contribution is 0.582. The van der Waals surface area contributed by atoms with Crippen molar-refractivity contribution in [3.8, 4) is 0 Å². The molecule has 1 atom stereocenters. The third-order valence-corrected chi connectivity index (χ3v) is 8.57. The van der Waals surface area contributed by atoms with Crippen LogP contribution < -0.4 is 0 Å². The average molecular weight is 359 g/mol. The van der Waals surface area contributed by atoms with Crippen molar-refractivity contribution < 1.29 is 25.3 Å². The van der Waals surface area contributed by atoms with E-state index >= 15 is 0 Å². The van der Waals surface area contributed by atoms with Crippen molar-refractivity contribution >= 4 is 39.4 Å². The van der Waals surface area contributed by atoms with Crippen molar-refractivity contribution in [2.45, 2.75) is 21.5 Å². The van der Waals surface area contributed by atoms with Gasteiger partial charge in [0.05, 0.1) is 26.5 Å². The van der Waals surface area contributed by atoms with Crippen LogP contribution in [0.25, 0.3) is 0 Å². The van der Waals surface area contributed by atoms with Gasteiger partial charge in [0, 0.05) is 10.7 Å². The van der Waals surface area contributed by atoms with Crippen molar-refractivity contribution in [1.82, 2.24) is 0 Å². The maximum absolute atomic E-state index is 12.3. The number of hydrogen-bond acceptors (Lipinski definition) is 6. The Morgan fingerprint density at radius 1 is 1.10 bits per heavy atom. The first kappa shape index (κ1) is 15.7. The van der Waals surface area contributed by atoms with E-state index in [1.54, 1.807) is 0 Å². The van der Waals surface area contributed by atoms with Gasteiger partial charge in [0.1, 0.15) is 0 Å². The van der Waals surface area contributed by atoms with Crippen LogP contribution in [-0.2, 0) is 28.7 Å². The molecule has 20 heavy (non-hydrogen) atoms. The summed E-state index contributed by atoms with van der Waals surface area (Å²) >= 11 is 0. The van der Waals surface area contributed by atoms with Crippen LogP contribution in [0.5, 0.6) is 0 Å². The van der Waals surface area contributed by atoms with Gasteiger partial charge in [0.15, 0.2) is 19.7 Å². The van der Waals surface area contributed by atoms with Gasteiger partial charge in [-0.05, 0) is 24.6 Å². The Labute approximate surface area is 122 Å². The Balaban J connectivity index is 2.46. The fourth-order valence-corrected chi connectivity index (χ4v) is 7.28. The number of halogens is 1. The van der Waals surface area contributed by atoms with Crippen LogP contribution in [0, 0.1) is 0 Å². The molecule has 1 fully saturated rings. The monoisotopic (exact) mass is 358 g/mol. The molecule has 0 amide bonds. The van der Waals surface area contributed by atoms with Gasteiger partial charge in [-0.3, -0.25) is 0 Å². The molecule has 10 heteroatoms. The van der Waals surface area contributed by atoms with E-state index in [-0.39, 0.29) is 22.0 Å². The van der Waals surface area contributed by atoms with E-state index in [1.165, 1.54) is 18.2 Å². The molecule has 1 aromatic carbocycles. The number of rotatable bonds is 3. The van der Waals surface area contributed by atoms with Gasteiger partial charge >= 0.3 is 0 Å². The van der Waals surface area contributed by atoms with E-state index in [2.05, 4.69) is 0 Å². The van der Waals surface area contributed by atoms with Gasteiger partial charge in [-0.1, -0.05) is 6.07 Å². The third kappa shape index (κ3) is 3.16. The minimum absolute atomic E-state index is 0.0164. The Kier molecular flexibility index (Phi) is 3.91. The molecule has 1 aliphatic rings. The number of hydrogen-bond donors (Lipinski definition) is 0. The van der Waals surface area contributed by atoms with Gasteiger partial charge < -0.3 is 0 Å². The Hall–Kier alpha value is -0.640. The molecule has 1 unspecified atom stereocenters. The van der Waals surface area contributed by atoms with Gasteiger partial charge in [-0.25, -0.2) is 25.3 Å². The molecule has 0 radical (unpaired) electrons. The largest absolute Gasteiger partial charge is 0.261 e. The van der Waals surface area contributed by atoms with Crippen molar-refractivity contribution in [3.63, 3.8) is 0 Å². The zero-order chi connectivity index (χ0) is 15.2.